The van der Waals surface area contributed by atoms with Crippen molar-refractivity contribution >= 4 is 28.3 Å². The maximum atomic E-state index is 12.7. The summed E-state index contributed by atoms with van der Waals surface area (Å²) < 4.78 is 0. The number of likely N-dealkylation sites (tertiary alicyclic amines) is 1. The van der Waals surface area contributed by atoms with Crippen LogP contribution in [0.5, 0.6) is 0 Å². The maximum Gasteiger partial charge on any atom is 0.317 e. The van der Waals surface area contributed by atoms with E-state index < -0.39 is 0 Å². The number of nitrogens with one attached hydrogen (secondary N) is 2. The van der Waals surface area contributed by atoms with Crippen molar-refractivity contribution in [3.05, 3.63) is 58.4 Å². The second kappa shape index (κ2) is 7.54. The van der Waals surface area contributed by atoms with Crippen molar-refractivity contribution in [3.63, 3.8) is 0 Å². The van der Waals surface area contributed by atoms with Crippen LogP contribution in [0.15, 0.2) is 48.0 Å². The lowest BCUT2D eigenvalue weighted by Gasteiger charge is -2.33. The standard InChI is InChI=1S/C21H25N3OS/c1-15-7-4-5-11-24(15)21(25)23-14-18(20-10-6-12-26-20)17-13-22-19-9-3-2-8-16(17)19/h2-3,6,8-10,12-13,15,18,22H,4-5,7,11,14H2,1H3,(H,23,25)/t15-,18-/m1/s1. The number of aromatic amines is 1. The molecule has 1 aromatic carbocycles. The molecule has 3 aromatic rings. The SMILES string of the molecule is C[C@@H]1CCCCN1C(=O)NC[C@@H](c1cccs1)c1c[nH]c2ccccc12. The first-order valence-corrected chi connectivity index (χ1v) is 10.3. The molecule has 4 nitrogen and oxygen atoms in total. The number of carbonyl (C=O) groups excluding carboxylic acids is 1. The summed E-state index contributed by atoms with van der Waals surface area (Å²) in [7, 11) is 0. The lowest BCUT2D eigenvalue weighted by Crippen LogP contribution is -2.48. The zero-order valence-electron chi connectivity index (χ0n) is 15.1. The molecular weight excluding hydrogens is 342 g/mol. The molecule has 0 unspecified atom stereocenters. The summed E-state index contributed by atoms with van der Waals surface area (Å²) in [5.74, 6) is 0.162. The predicted molar refractivity (Wildman–Crippen MR) is 108 cm³/mol. The number of aromatic nitrogens is 1. The number of amides is 2. The number of benzene rings is 1. The number of urea groups is 1. The van der Waals surface area contributed by atoms with Crippen molar-refractivity contribution in [2.75, 3.05) is 13.1 Å². The van der Waals surface area contributed by atoms with Gasteiger partial charge in [-0.05, 0) is 49.3 Å². The number of nitrogens with zero attached hydrogens (tertiary/aromatic N) is 1. The Balaban J connectivity index is 1.56. The summed E-state index contributed by atoms with van der Waals surface area (Å²) in [6.45, 7) is 3.63. The molecule has 26 heavy (non-hydrogen) atoms. The van der Waals surface area contributed by atoms with Gasteiger partial charge in [-0.2, -0.15) is 0 Å². The first kappa shape index (κ1) is 17.2. The molecule has 0 aliphatic carbocycles. The second-order valence-corrected chi connectivity index (χ2v) is 8.06. The van der Waals surface area contributed by atoms with Gasteiger partial charge >= 0.3 is 6.03 Å². The maximum absolute atomic E-state index is 12.7. The van der Waals surface area contributed by atoms with Gasteiger partial charge in [0.2, 0.25) is 0 Å². The highest BCUT2D eigenvalue weighted by Gasteiger charge is 2.25. The van der Waals surface area contributed by atoms with Crippen LogP contribution in [0.4, 0.5) is 4.79 Å². The van der Waals surface area contributed by atoms with Crippen molar-refractivity contribution < 1.29 is 4.79 Å². The second-order valence-electron chi connectivity index (χ2n) is 7.08. The number of hydrogen-bond donors (Lipinski definition) is 2. The molecule has 1 aliphatic heterocycles. The molecule has 1 aliphatic rings. The third-order valence-corrected chi connectivity index (χ3v) is 6.39. The van der Waals surface area contributed by atoms with Crippen LogP contribution in [-0.4, -0.2) is 35.0 Å². The molecule has 2 N–H and O–H groups in total. The van der Waals surface area contributed by atoms with Gasteiger partial charge in [-0.3, -0.25) is 0 Å². The fourth-order valence-corrected chi connectivity index (χ4v) is 4.77. The highest BCUT2D eigenvalue weighted by Crippen LogP contribution is 2.33. The summed E-state index contributed by atoms with van der Waals surface area (Å²) >= 11 is 1.75. The first-order valence-electron chi connectivity index (χ1n) is 9.38. The Morgan fingerprint density at radius 1 is 1.31 bits per heavy atom. The molecule has 0 bridgehead atoms. The molecule has 1 fully saturated rings. The third-order valence-electron chi connectivity index (χ3n) is 5.40. The van der Waals surface area contributed by atoms with Gasteiger partial charge in [0.1, 0.15) is 0 Å². The largest absolute Gasteiger partial charge is 0.361 e. The average Bonchev–Trinajstić information content (AvgIpc) is 3.33. The fourth-order valence-electron chi connectivity index (χ4n) is 3.93. The average molecular weight is 368 g/mol. The van der Waals surface area contributed by atoms with Crippen molar-refractivity contribution in [1.82, 2.24) is 15.2 Å². The van der Waals surface area contributed by atoms with E-state index in [0.717, 1.165) is 24.9 Å². The summed E-state index contributed by atoms with van der Waals surface area (Å²) in [6, 6.07) is 13.0. The number of fused-ring (bicyclic) bond motifs is 1. The van der Waals surface area contributed by atoms with Gasteiger partial charge < -0.3 is 15.2 Å². The van der Waals surface area contributed by atoms with Crippen molar-refractivity contribution in [2.45, 2.75) is 38.1 Å². The van der Waals surface area contributed by atoms with E-state index in [2.05, 4.69) is 59.1 Å². The van der Waals surface area contributed by atoms with Crippen LogP contribution in [0.3, 0.4) is 0 Å². The zero-order valence-corrected chi connectivity index (χ0v) is 15.9. The van der Waals surface area contributed by atoms with E-state index in [9.17, 15) is 4.79 Å². The summed E-state index contributed by atoms with van der Waals surface area (Å²) in [6.07, 6.45) is 5.52. The molecule has 3 heterocycles. The summed E-state index contributed by atoms with van der Waals surface area (Å²) in [4.78, 5) is 19.4. The molecule has 2 aromatic heterocycles. The third kappa shape index (κ3) is 3.36. The van der Waals surface area contributed by atoms with Crippen molar-refractivity contribution in [2.24, 2.45) is 0 Å². The van der Waals surface area contributed by atoms with Crippen LogP contribution >= 0.6 is 11.3 Å². The Morgan fingerprint density at radius 3 is 3.00 bits per heavy atom. The zero-order chi connectivity index (χ0) is 17.9. The normalized spacial score (nSPS) is 18.8. The lowest BCUT2D eigenvalue weighted by molar-refractivity contribution is 0.158. The molecular formula is C21H25N3OS. The molecule has 1 saturated heterocycles. The minimum Gasteiger partial charge on any atom is -0.361 e. The van der Waals surface area contributed by atoms with Gasteiger partial charge in [-0.25, -0.2) is 4.79 Å². The van der Waals surface area contributed by atoms with Crippen molar-refractivity contribution in [1.29, 1.82) is 0 Å². The van der Waals surface area contributed by atoms with E-state index in [1.54, 1.807) is 11.3 Å². The van der Waals surface area contributed by atoms with Gasteiger partial charge in [0.05, 0.1) is 0 Å². The van der Waals surface area contributed by atoms with Crippen LogP contribution < -0.4 is 5.32 Å². The number of hydrogen-bond acceptors (Lipinski definition) is 2. The Hall–Kier alpha value is -2.27. The van der Waals surface area contributed by atoms with E-state index in [0.29, 0.717) is 12.6 Å². The van der Waals surface area contributed by atoms with Gasteiger partial charge in [-0.1, -0.05) is 24.3 Å². The van der Waals surface area contributed by atoms with Gasteiger partial charge in [0.15, 0.2) is 0 Å². The Morgan fingerprint density at radius 2 is 2.19 bits per heavy atom. The Bertz CT molecular complexity index is 870. The summed E-state index contributed by atoms with van der Waals surface area (Å²) in [5.41, 5.74) is 2.38. The predicted octanol–water partition coefficient (Wildman–Crippen LogP) is 4.95. The number of rotatable bonds is 4. The topological polar surface area (TPSA) is 48.1 Å². The minimum absolute atomic E-state index is 0.0681. The lowest BCUT2D eigenvalue weighted by atomic mass is 9.96. The highest BCUT2D eigenvalue weighted by atomic mass is 32.1. The monoisotopic (exact) mass is 367 g/mol. The smallest absolute Gasteiger partial charge is 0.317 e. The molecule has 0 radical (unpaired) electrons. The van der Waals surface area contributed by atoms with Crippen LogP contribution in [0.2, 0.25) is 0 Å². The van der Waals surface area contributed by atoms with Crippen LogP contribution in [-0.2, 0) is 0 Å². The quantitative estimate of drug-likeness (QED) is 0.674. The molecule has 2 amide bonds. The molecule has 0 spiro atoms. The van der Waals surface area contributed by atoms with E-state index in [1.165, 1.54) is 22.2 Å². The van der Waals surface area contributed by atoms with E-state index in [-0.39, 0.29) is 11.9 Å². The number of carbonyl (C=O) groups is 1. The Labute approximate surface area is 158 Å². The number of thiophene rings is 1. The van der Waals surface area contributed by atoms with Crippen LogP contribution in [0.1, 0.15) is 42.5 Å². The van der Waals surface area contributed by atoms with Crippen molar-refractivity contribution in [3.8, 4) is 0 Å². The van der Waals surface area contributed by atoms with E-state index in [1.807, 2.05) is 11.0 Å². The van der Waals surface area contributed by atoms with Gasteiger partial charge in [0, 0.05) is 47.0 Å². The number of para-hydroxylation sites is 1. The van der Waals surface area contributed by atoms with Crippen LogP contribution in [0.25, 0.3) is 10.9 Å². The molecule has 0 saturated carbocycles. The number of H-pyrrole nitrogens is 1. The number of piperidine rings is 1. The van der Waals surface area contributed by atoms with E-state index in [4.69, 9.17) is 0 Å². The van der Waals surface area contributed by atoms with Crippen LogP contribution in [0, 0.1) is 0 Å². The van der Waals surface area contributed by atoms with Gasteiger partial charge in [0.25, 0.3) is 0 Å². The highest BCUT2D eigenvalue weighted by molar-refractivity contribution is 7.10. The Kier molecular flexibility index (Phi) is 4.98. The van der Waals surface area contributed by atoms with Gasteiger partial charge in [-0.15, -0.1) is 11.3 Å². The summed E-state index contributed by atoms with van der Waals surface area (Å²) in [5, 5.41) is 6.54. The first-order chi connectivity index (χ1) is 12.7. The molecule has 5 heteroatoms. The van der Waals surface area contributed by atoms with E-state index >= 15 is 0 Å². The minimum atomic E-state index is 0.0681. The fraction of sp³-hybridized carbons (Fsp3) is 0.381. The molecule has 136 valence electrons. The molecule has 2 atom stereocenters. The molecule has 4 rings (SSSR count).